The van der Waals surface area contributed by atoms with Gasteiger partial charge in [-0.2, -0.15) is 0 Å². The predicted molar refractivity (Wildman–Crippen MR) is 67.0 cm³/mol. The highest BCUT2D eigenvalue weighted by atomic mass is 35.5. The third kappa shape index (κ3) is 2.39. The second-order valence-electron chi connectivity index (χ2n) is 3.58. The first kappa shape index (κ1) is 11.5. The van der Waals surface area contributed by atoms with Gasteiger partial charge in [-0.15, -0.1) is 0 Å². The van der Waals surface area contributed by atoms with Crippen molar-refractivity contribution in [2.75, 3.05) is 11.1 Å². The van der Waals surface area contributed by atoms with E-state index in [9.17, 15) is 4.79 Å². The minimum atomic E-state index is -0.244. The molecule has 6 heteroatoms. The van der Waals surface area contributed by atoms with Crippen LogP contribution in [0.15, 0.2) is 30.7 Å². The fraction of sp³-hybridized carbons (Fsp3) is 0.0909. The molecule has 0 aliphatic carbocycles. The molecule has 2 rings (SSSR count). The Morgan fingerprint density at radius 1 is 1.53 bits per heavy atom. The number of amides is 1. The molecule has 1 heterocycles. The van der Waals surface area contributed by atoms with Crippen molar-refractivity contribution in [2.45, 2.75) is 0 Å². The van der Waals surface area contributed by atoms with Gasteiger partial charge in [-0.3, -0.25) is 4.79 Å². The number of carbonyl (C=O) groups excluding carboxylic acids is 1. The molecular formula is C11H11ClN4O. The van der Waals surface area contributed by atoms with Crippen LogP contribution in [0.25, 0.3) is 0 Å². The number of carbonyl (C=O) groups is 1. The first-order valence-electron chi connectivity index (χ1n) is 4.90. The maximum absolute atomic E-state index is 11.8. The van der Waals surface area contributed by atoms with Gasteiger partial charge in [0.2, 0.25) is 0 Å². The van der Waals surface area contributed by atoms with Crippen LogP contribution < -0.4 is 11.1 Å². The topological polar surface area (TPSA) is 72.9 Å². The van der Waals surface area contributed by atoms with Crippen molar-refractivity contribution in [2.24, 2.45) is 7.05 Å². The van der Waals surface area contributed by atoms with Gasteiger partial charge in [0.25, 0.3) is 5.91 Å². The second kappa shape index (κ2) is 4.47. The third-order valence-electron chi connectivity index (χ3n) is 2.30. The molecule has 5 nitrogen and oxygen atoms in total. The SMILES string of the molecule is Cn1cncc1C(=O)Nc1ccc(Cl)c(N)c1. The average molecular weight is 251 g/mol. The highest BCUT2D eigenvalue weighted by Crippen LogP contribution is 2.22. The second-order valence-corrected chi connectivity index (χ2v) is 3.99. The summed E-state index contributed by atoms with van der Waals surface area (Å²) < 4.78 is 1.63. The van der Waals surface area contributed by atoms with E-state index in [2.05, 4.69) is 10.3 Å². The Balaban J connectivity index is 2.19. The van der Waals surface area contributed by atoms with Crippen molar-refractivity contribution < 1.29 is 4.79 Å². The molecule has 2 aromatic rings. The molecule has 0 bridgehead atoms. The number of aromatic nitrogens is 2. The normalized spacial score (nSPS) is 10.2. The van der Waals surface area contributed by atoms with Crippen LogP contribution in [-0.2, 0) is 7.05 Å². The van der Waals surface area contributed by atoms with Crippen LogP contribution in [0, 0.1) is 0 Å². The summed E-state index contributed by atoms with van der Waals surface area (Å²) in [6, 6.07) is 4.93. The Morgan fingerprint density at radius 3 is 2.88 bits per heavy atom. The van der Waals surface area contributed by atoms with E-state index < -0.39 is 0 Å². The maximum atomic E-state index is 11.8. The van der Waals surface area contributed by atoms with E-state index in [1.807, 2.05) is 0 Å². The summed E-state index contributed by atoms with van der Waals surface area (Å²) >= 11 is 5.79. The van der Waals surface area contributed by atoms with E-state index in [0.29, 0.717) is 22.1 Å². The van der Waals surface area contributed by atoms with Crippen LogP contribution >= 0.6 is 11.6 Å². The quantitative estimate of drug-likeness (QED) is 0.800. The monoisotopic (exact) mass is 250 g/mol. The lowest BCUT2D eigenvalue weighted by molar-refractivity contribution is 0.101. The zero-order valence-electron chi connectivity index (χ0n) is 9.14. The van der Waals surface area contributed by atoms with Crippen molar-refractivity contribution in [3.05, 3.63) is 41.4 Å². The van der Waals surface area contributed by atoms with Crippen molar-refractivity contribution in [3.63, 3.8) is 0 Å². The van der Waals surface area contributed by atoms with Gasteiger partial charge in [0, 0.05) is 12.7 Å². The van der Waals surface area contributed by atoms with Gasteiger partial charge in [0.1, 0.15) is 5.69 Å². The lowest BCUT2D eigenvalue weighted by atomic mass is 10.2. The van der Waals surface area contributed by atoms with Crippen LogP contribution in [0.2, 0.25) is 5.02 Å². The van der Waals surface area contributed by atoms with Crippen molar-refractivity contribution >= 4 is 28.9 Å². The van der Waals surface area contributed by atoms with Gasteiger partial charge < -0.3 is 15.6 Å². The van der Waals surface area contributed by atoms with Crippen LogP contribution in [0.3, 0.4) is 0 Å². The molecule has 0 saturated carbocycles. The first-order chi connectivity index (χ1) is 8.08. The molecule has 0 radical (unpaired) electrons. The van der Waals surface area contributed by atoms with Crippen molar-refractivity contribution in [1.29, 1.82) is 0 Å². The van der Waals surface area contributed by atoms with E-state index in [0.717, 1.165) is 0 Å². The number of hydrogen-bond acceptors (Lipinski definition) is 3. The Labute approximate surface area is 103 Å². The molecule has 0 unspecified atom stereocenters. The summed E-state index contributed by atoms with van der Waals surface area (Å²) in [5.41, 5.74) is 7.14. The number of nitrogen functional groups attached to an aromatic ring is 1. The molecule has 1 amide bonds. The lowest BCUT2D eigenvalue weighted by Gasteiger charge is -2.06. The highest BCUT2D eigenvalue weighted by Gasteiger charge is 2.10. The Hall–Kier alpha value is -2.01. The molecule has 1 aromatic carbocycles. The van der Waals surface area contributed by atoms with Gasteiger partial charge in [0.15, 0.2) is 0 Å². The van der Waals surface area contributed by atoms with Gasteiger partial charge in [-0.25, -0.2) is 4.98 Å². The fourth-order valence-corrected chi connectivity index (χ4v) is 1.51. The third-order valence-corrected chi connectivity index (χ3v) is 2.65. The van der Waals surface area contributed by atoms with Crippen LogP contribution in [0.5, 0.6) is 0 Å². The van der Waals surface area contributed by atoms with Crippen LogP contribution in [-0.4, -0.2) is 15.5 Å². The summed E-state index contributed by atoms with van der Waals surface area (Å²) in [6.07, 6.45) is 3.06. The molecule has 3 N–H and O–H groups in total. The Morgan fingerprint density at radius 2 is 2.29 bits per heavy atom. The molecular weight excluding hydrogens is 240 g/mol. The Kier molecular flexibility index (Phi) is 3.01. The van der Waals surface area contributed by atoms with E-state index in [1.165, 1.54) is 6.20 Å². The van der Waals surface area contributed by atoms with Crippen LogP contribution in [0.4, 0.5) is 11.4 Å². The molecule has 0 aliphatic rings. The number of anilines is 2. The van der Waals surface area contributed by atoms with E-state index in [-0.39, 0.29) is 5.91 Å². The molecule has 0 fully saturated rings. The van der Waals surface area contributed by atoms with Gasteiger partial charge in [-0.05, 0) is 18.2 Å². The minimum absolute atomic E-state index is 0.244. The minimum Gasteiger partial charge on any atom is -0.397 e. The van der Waals surface area contributed by atoms with Gasteiger partial charge in [0.05, 0.1) is 23.2 Å². The summed E-state index contributed by atoms with van der Waals surface area (Å²) in [4.78, 5) is 15.7. The van der Waals surface area contributed by atoms with E-state index in [4.69, 9.17) is 17.3 Å². The van der Waals surface area contributed by atoms with Gasteiger partial charge in [-0.1, -0.05) is 11.6 Å². The van der Waals surface area contributed by atoms with Gasteiger partial charge >= 0.3 is 0 Å². The molecule has 1 aromatic heterocycles. The zero-order chi connectivity index (χ0) is 12.4. The lowest BCUT2D eigenvalue weighted by Crippen LogP contribution is -2.15. The summed E-state index contributed by atoms with van der Waals surface area (Å²) in [5.74, 6) is -0.244. The summed E-state index contributed by atoms with van der Waals surface area (Å²) in [5, 5.41) is 3.18. The van der Waals surface area contributed by atoms with Crippen molar-refractivity contribution in [3.8, 4) is 0 Å². The number of benzene rings is 1. The number of aryl methyl sites for hydroxylation is 1. The number of imidazole rings is 1. The largest absolute Gasteiger partial charge is 0.397 e. The molecule has 88 valence electrons. The number of rotatable bonds is 2. The molecule has 0 spiro atoms. The zero-order valence-corrected chi connectivity index (χ0v) is 9.90. The number of nitrogens with two attached hydrogens (primary N) is 1. The van der Waals surface area contributed by atoms with Crippen LogP contribution in [0.1, 0.15) is 10.5 Å². The molecule has 0 saturated heterocycles. The smallest absolute Gasteiger partial charge is 0.273 e. The standard InChI is InChI=1S/C11H11ClN4O/c1-16-6-14-5-10(16)11(17)15-7-2-3-8(12)9(13)4-7/h2-6H,13H2,1H3,(H,15,17). The highest BCUT2D eigenvalue weighted by molar-refractivity contribution is 6.33. The average Bonchev–Trinajstić information content (AvgIpc) is 2.70. The van der Waals surface area contributed by atoms with Crippen molar-refractivity contribution in [1.82, 2.24) is 9.55 Å². The number of hydrogen-bond donors (Lipinski definition) is 2. The summed E-state index contributed by atoms with van der Waals surface area (Å²) in [6.45, 7) is 0. The van der Waals surface area contributed by atoms with E-state index in [1.54, 1.807) is 36.1 Å². The molecule has 17 heavy (non-hydrogen) atoms. The number of nitrogens with zero attached hydrogens (tertiary/aromatic N) is 2. The maximum Gasteiger partial charge on any atom is 0.273 e. The summed E-state index contributed by atoms with van der Waals surface area (Å²) in [7, 11) is 1.75. The molecule has 0 atom stereocenters. The first-order valence-corrected chi connectivity index (χ1v) is 5.28. The van der Waals surface area contributed by atoms with E-state index >= 15 is 0 Å². The predicted octanol–water partition coefficient (Wildman–Crippen LogP) is 1.91. The molecule has 0 aliphatic heterocycles. The number of halogens is 1. The number of nitrogens with one attached hydrogen (secondary N) is 1. The Bertz CT molecular complexity index is 564. The fourth-order valence-electron chi connectivity index (χ4n) is 1.39.